The lowest BCUT2D eigenvalue weighted by Gasteiger charge is -2.07. The molecule has 0 unspecified atom stereocenters. The summed E-state index contributed by atoms with van der Waals surface area (Å²) < 4.78 is 24.5. The molecule has 0 saturated carbocycles. The van der Waals surface area contributed by atoms with E-state index in [1.807, 2.05) is 31.2 Å². The van der Waals surface area contributed by atoms with E-state index in [0.717, 1.165) is 17.5 Å². The first-order valence-corrected chi connectivity index (χ1v) is 8.18. The highest BCUT2D eigenvalue weighted by molar-refractivity contribution is 7.92. The number of aryl methyl sites for hydroxylation is 1. The minimum Gasteiger partial charge on any atom is -0.322 e. The van der Waals surface area contributed by atoms with Crippen molar-refractivity contribution in [3.63, 3.8) is 0 Å². The molecule has 0 heterocycles. The third kappa shape index (κ3) is 4.61. The molecule has 6 heteroatoms. The van der Waals surface area contributed by atoms with Crippen LogP contribution in [0.4, 0.5) is 11.4 Å². The van der Waals surface area contributed by atoms with Crippen LogP contribution in [0.2, 0.25) is 0 Å². The fraction of sp³-hybridized carbons (Fsp3) is 0.133. The fourth-order valence-corrected chi connectivity index (χ4v) is 2.39. The van der Waals surface area contributed by atoms with Crippen LogP contribution in [0.15, 0.2) is 48.5 Å². The second kappa shape index (κ2) is 5.97. The summed E-state index contributed by atoms with van der Waals surface area (Å²) in [5.74, 6) is -0.244. The van der Waals surface area contributed by atoms with E-state index >= 15 is 0 Å². The molecular formula is C15H16N2O3S. The maximum atomic E-state index is 12.1. The number of carbonyl (C=O) groups excluding carboxylic acids is 1. The van der Waals surface area contributed by atoms with Crippen molar-refractivity contribution in [1.29, 1.82) is 0 Å². The van der Waals surface area contributed by atoms with Gasteiger partial charge in [-0.2, -0.15) is 0 Å². The van der Waals surface area contributed by atoms with Crippen molar-refractivity contribution < 1.29 is 13.2 Å². The Morgan fingerprint density at radius 3 is 2.24 bits per heavy atom. The van der Waals surface area contributed by atoms with Crippen molar-refractivity contribution in [2.24, 2.45) is 0 Å². The molecular weight excluding hydrogens is 288 g/mol. The van der Waals surface area contributed by atoms with E-state index in [-0.39, 0.29) is 5.91 Å². The molecule has 0 aromatic heterocycles. The number of hydrogen-bond donors (Lipinski definition) is 2. The average Bonchev–Trinajstić information content (AvgIpc) is 2.37. The van der Waals surface area contributed by atoms with Gasteiger partial charge in [0, 0.05) is 16.9 Å². The maximum Gasteiger partial charge on any atom is 0.255 e. The number of benzene rings is 2. The molecule has 2 aromatic rings. The van der Waals surface area contributed by atoms with Crippen LogP contribution >= 0.6 is 0 Å². The molecule has 1 amide bonds. The Bertz CT molecular complexity index is 753. The second-order valence-corrected chi connectivity index (χ2v) is 6.52. The Kier molecular flexibility index (Phi) is 4.28. The Labute approximate surface area is 124 Å². The van der Waals surface area contributed by atoms with Crippen molar-refractivity contribution in [3.05, 3.63) is 59.7 Å². The number of rotatable bonds is 4. The summed E-state index contributed by atoms with van der Waals surface area (Å²) in [4.78, 5) is 12.1. The summed E-state index contributed by atoms with van der Waals surface area (Å²) in [6.07, 6.45) is 1.07. The molecule has 0 aliphatic rings. The molecule has 110 valence electrons. The van der Waals surface area contributed by atoms with Gasteiger partial charge in [0.05, 0.1) is 6.26 Å². The molecule has 0 atom stereocenters. The zero-order valence-electron chi connectivity index (χ0n) is 11.8. The smallest absolute Gasteiger partial charge is 0.255 e. The summed E-state index contributed by atoms with van der Waals surface area (Å²) in [7, 11) is -3.31. The first-order valence-electron chi connectivity index (χ1n) is 6.29. The monoisotopic (exact) mass is 304 g/mol. The van der Waals surface area contributed by atoms with Crippen LogP contribution in [0.3, 0.4) is 0 Å². The molecule has 5 nitrogen and oxygen atoms in total. The van der Waals surface area contributed by atoms with Gasteiger partial charge in [-0.1, -0.05) is 12.1 Å². The normalized spacial score (nSPS) is 11.0. The molecule has 0 spiro atoms. The SMILES string of the molecule is Cc1cccc(NC(=O)c2ccc(NS(C)(=O)=O)cc2)c1. The molecule has 0 aliphatic carbocycles. The van der Waals surface area contributed by atoms with E-state index in [9.17, 15) is 13.2 Å². The third-order valence-corrected chi connectivity index (χ3v) is 3.33. The highest BCUT2D eigenvalue weighted by Crippen LogP contribution is 2.14. The Balaban J connectivity index is 2.10. The van der Waals surface area contributed by atoms with Crippen LogP contribution in [0.25, 0.3) is 0 Å². The summed E-state index contributed by atoms with van der Waals surface area (Å²) in [6.45, 7) is 1.95. The van der Waals surface area contributed by atoms with Gasteiger partial charge >= 0.3 is 0 Å². The summed E-state index contributed by atoms with van der Waals surface area (Å²) in [5, 5.41) is 2.79. The molecule has 0 aliphatic heterocycles. The van der Waals surface area contributed by atoms with Crippen LogP contribution in [-0.2, 0) is 10.0 Å². The van der Waals surface area contributed by atoms with Gasteiger partial charge in [-0.05, 0) is 48.9 Å². The number of anilines is 2. The van der Waals surface area contributed by atoms with E-state index in [0.29, 0.717) is 11.3 Å². The van der Waals surface area contributed by atoms with Crippen LogP contribution in [0, 0.1) is 6.92 Å². The minimum atomic E-state index is -3.31. The maximum absolute atomic E-state index is 12.1. The van der Waals surface area contributed by atoms with Crippen molar-refractivity contribution in [1.82, 2.24) is 0 Å². The van der Waals surface area contributed by atoms with Gasteiger partial charge in [-0.3, -0.25) is 9.52 Å². The van der Waals surface area contributed by atoms with Gasteiger partial charge in [0.1, 0.15) is 0 Å². The van der Waals surface area contributed by atoms with Crippen LogP contribution in [-0.4, -0.2) is 20.6 Å². The molecule has 0 bridgehead atoms. The zero-order chi connectivity index (χ0) is 15.5. The van der Waals surface area contributed by atoms with Crippen molar-refractivity contribution in [3.8, 4) is 0 Å². The quantitative estimate of drug-likeness (QED) is 0.911. The third-order valence-electron chi connectivity index (χ3n) is 2.73. The number of carbonyl (C=O) groups is 1. The minimum absolute atomic E-state index is 0.244. The van der Waals surface area contributed by atoms with Gasteiger partial charge in [0.15, 0.2) is 0 Å². The largest absolute Gasteiger partial charge is 0.322 e. The van der Waals surface area contributed by atoms with Crippen LogP contribution < -0.4 is 10.0 Å². The highest BCUT2D eigenvalue weighted by Gasteiger charge is 2.07. The van der Waals surface area contributed by atoms with Gasteiger partial charge in [0.25, 0.3) is 5.91 Å². The van der Waals surface area contributed by atoms with E-state index in [2.05, 4.69) is 10.0 Å². The number of amides is 1. The Morgan fingerprint density at radius 1 is 1.00 bits per heavy atom. The van der Waals surface area contributed by atoms with Gasteiger partial charge in [0.2, 0.25) is 10.0 Å². The van der Waals surface area contributed by atoms with E-state index in [1.54, 1.807) is 24.3 Å². The lowest BCUT2D eigenvalue weighted by molar-refractivity contribution is 0.102. The van der Waals surface area contributed by atoms with E-state index in [4.69, 9.17) is 0 Å². The number of sulfonamides is 1. The van der Waals surface area contributed by atoms with Gasteiger partial charge in [-0.15, -0.1) is 0 Å². The van der Waals surface area contributed by atoms with Crippen molar-refractivity contribution in [2.75, 3.05) is 16.3 Å². The molecule has 2 N–H and O–H groups in total. The molecule has 2 rings (SSSR count). The Hall–Kier alpha value is -2.34. The zero-order valence-corrected chi connectivity index (χ0v) is 12.6. The topological polar surface area (TPSA) is 75.3 Å². The predicted molar refractivity (Wildman–Crippen MR) is 84.0 cm³/mol. The van der Waals surface area contributed by atoms with Gasteiger partial charge < -0.3 is 5.32 Å². The first kappa shape index (κ1) is 15.1. The summed E-state index contributed by atoms with van der Waals surface area (Å²) in [6, 6.07) is 13.7. The second-order valence-electron chi connectivity index (χ2n) is 4.78. The molecule has 2 aromatic carbocycles. The lowest BCUT2D eigenvalue weighted by atomic mass is 10.2. The van der Waals surface area contributed by atoms with E-state index in [1.165, 1.54) is 0 Å². The Morgan fingerprint density at radius 2 is 1.67 bits per heavy atom. The molecule has 0 fully saturated rings. The molecule has 21 heavy (non-hydrogen) atoms. The summed E-state index contributed by atoms with van der Waals surface area (Å²) in [5.41, 5.74) is 2.65. The van der Waals surface area contributed by atoms with E-state index < -0.39 is 10.0 Å². The standard InChI is InChI=1S/C15H16N2O3S/c1-11-4-3-5-14(10-11)16-15(18)12-6-8-13(9-7-12)17-21(2,19)20/h3-10,17H,1-2H3,(H,16,18). The van der Waals surface area contributed by atoms with Crippen molar-refractivity contribution >= 4 is 27.3 Å². The van der Waals surface area contributed by atoms with Crippen LogP contribution in [0.1, 0.15) is 15.9 Å². The predicted octanol–water partition coefficient (Wildman–Crippen LogP) is 2.62. The molecule has 0 radical (unpaired) electrons. The number of nitrogens with one attached hydrogen (secondary N) is 2. The first-order chi connectivity index (χ1) is 9.83. The molecule has 0 saturated heterocycles. The highest BCUT2D eigenvalue weighted by atomic mass is 32.2. The fourth-order valence-electron chi connectivity index (χ4n) is 1.83. The number of hydrogen-bond acceptors (Lipinski definition) is 3. The van der Waals surface area contributed by atoms with Gasteiger partial charge in [-0.25, -0.2) is 8.42 Å². The van der Waals surface area contributed by atoms with Crippen LogP contribution in [0.5, 0.6) is 0 Å². The lowest BCUT2D eigenvalue weighted by Crippen LogP contribution is -2.13. The summed E-state index contributed by atoms with van der Waals surface area (Å²) >= 11 is 0. The van der Waals surface area contributed by atoms with Crippen molar-refractivity contribution in [2.45, 2.75) is 6.92 Å². The average molecular weight is 304 g/mol.